The van der Waals surface area contributed by atoms with Crippen molar-refractivity contribution in [3.8, 4) is 22.5 Å². The minimum Gasteiger partial charge on any atom is -0.323 e. The molecule has 0 spiro atoms. The van der Waals surface area contributed by atoms with Gasteiger partial charge in [-0.3, -0.25) is 9.80 Å². The first-order valence-electron chi connectivity index (χ1n) is 26.8. The van der Waals surface area contributed by atoms with Crippen LogP contribution in [0.5, 0.6) is 0 Å². The van der Waals surface area contributed by atoms with Gasteiger partial charge in [0.25, 0.3) is 0 Å². The summed E-state index contributed by atoms with van der Waals surface area (Å²) in [6.45, 7) is 24.5. The number of imidazole rings is 2. The van der Waals surface area contributed by atoms with Gasteiger partial charge in [0.15, 0.2) is 23.3 Å². The summed E-state index contributed by atoms with van der Waals surface area (Å²) >= 11 is 2.03. The molecule has 0 saturated carbocycles. The van der Waals surface area contributed by atoms with Crippen LogP contribution in [-0.4, -0.2) is 128 Å². The molecule has 1 fully saturated rings. The second kappa shape index (κ2) is 21.5. The van der Waals surface area contributed by atoms with E-state index >= 15 is 17.6 Å². The van der Waals surface area contributed by atoms with Crippen LogP contribution in [0.1, 0.15) is 81.4 Å². The monoisotopic (exact) mass is 1080 g/mol. The van der Waals surface area contributed by atoms with Gasteiger partial charge in [-0.05, 0) is 103 Å². The Morgan fingerprint density at radius 1 is 0.564 bits per heavy atom. The lowest BCUT2D eigenvalue weighted by Crippen LogP contribution is -2.41. The number of halogens is 4. The minimum atomic E-state index is -0.687. The summed E-state index contributed by atoms with van der Waals surface area (Å²) in [6, 6.07) is 13.9. The molecule has 0 aliphatic carbocycles. The number of hydrogen-bond acceptors (Lipinski definition) is 15. The molecule has 3 aliphatic rings. The maximum atomic E-state index is 16.9. The quantitative estimate of drug-likeness (QED) is 0.0698. The number of nitrogens with one attached hydrogen (secondary N) is 3. The zero-order valence-corrected chi connectivity index (χ0v) is 46.4. The number of fused-ring (bicyclic) bond motifs is 4. The molecule has 21 heteroatoms. The molecule has 3 N–H and O–H groups in total. The van der Waals surface area contributed by atoms with Crippen LogP contribution in [0.2, 0.25) is 0 Å². The lowest BCUT2D eigenvalue weighted by Gasteiger charge is -2.32. The van der Waals surface area contributed by atoms with Crippen molar-refractivity contribution in [3.05, 3.63) is 118 Å². The van der Waals surface area contributed by atoms with Crippen LogP contribution in [0, 0.1) is 37.1 Å². The van der Waals surface area contributed by atoms with Crippen molar-refractivity contribution >= 4 is 57.4 Å². The SMILES string of the molecule is Cc1nc2c(F)cc(-c3nc(Nc4ccc5c(n4)CCN(CCNCc4nc(Nc6ccc7c(n6)CCN(CCN6CCSCC6)C7)nc(-c6cc(F)c7nc(C)n(C(C)(C)C)c7c6)c4F)C5)ncc3F)cc2n1C(C)(C)C. The van der Waals surface area contributed by atoms with Gasteiger partial charge in [0, 0.05) is 130 Å². The highest BCUT2D eigenvalue weighted by molar-refractivity contribution is 7.99. The van der Waals surface area contributed by atoms with E-state index in [0.29, 0.717) is 60.4 Å². The second-order valence-corrected chi connectivity index (χ2v) is 23.8. The van der Waals surface area contributed by atoms with Crippen molar-refractivity contribution in [2.75, 3.05) is 74.5 Å². The van der Waals surface area contributed by atoms with E-state index < -0.39 is 34.3 Å². The molecule has 6 aromatic heterocycles. The van der Waals surface area contributed by atoms with E-state index in [4.69, 9.17) is 19.9 Å². The van der Waals surface area contributed by atoms with E-state index in [1.807, 2.05) is 94.5 Å². The summed E-state index contributed by atoms with van der Waals surface area (Å²) in [6.07, 6.45) is 2.55. The zero-order chi connectivity index (χ0) is 54.6. The molecular weight excluding hydrogens is 1020 g/mol. The average molecular weight is 1080 g/mol. The van der Waals surface area contributed by atoms with Gasteiger partial charge < -0.3 is 30.0 Å². The predicted octanol–water partition coefficient (Wildman–Crippen LogP) is 9.82. The lowest BCUT2D eigenvalue weighted by atomic mass is 10.1. The summed E-state index contributed by atoms with van der Waals surface area (Å²) in [5.74, 6) is 2.56. The van der Waals surface area contributed by atoms with Crippen LogP contribution in [-0.2, 0) is 43.6 Å². The molecular formula is C57H66F4N16S. The number of aryl methyl sites for hydroxylation is 2. The zero-order valence-electron chi connectivity index (χ0n) is 45.5. The average Bonchev–Trinajstić information content (AvgIpc) is 3.97. The number of pyridine rings is 2. The second-order valence-electron chi connectivity index (χ2n) is 22.6. The number of aromatic nitrogens is 10. The summed E-state index contributed by atoms with van der Waals surface area (Å²) in [5, 5.41) is 9.81. The molecule has 0 amide bonds. The molecule has 408 valence electrons. The molecule has 1 saturated heterocycles. The largest absolute Gasteiger partial charge is 0.323 e. The van der Waals surface area contributed by atoms with Crippen molar-refractivity contribution < 1.29 is 17.6 Å². The van der Waals surface area contributed by atoms with Crippen molar-refractivity contribution in [2.45, 2.75) is 98.9 Å². The van der Waals surface area contributed by atoms with Gasteiger partial charge in [-0.15, -0.1) is 0 Å². The van der Waals surface area contributed by atoms with E-state index in [1.54, 1.807) is 12.1 Å². The lowest BCUT2D eigenvalue weighted by molar-refractivity contribution is 0.200. The molecule has 3 aliphatic heterocycles. The van der Waals surface area contributed by atoms with Gasteiger partial charge in [0.05, 0.1) is 22.9 Å². The number of nitrogens with zero attached hydrogens (tertiary/aromatic N) is 13. The standard InChI is InChI=1S/C57H66F4N16S/c1-33-64-52-39(58)25-37(27-45(52)76(33)56(3,4)5)50-41(60)29-63-54(71-50)69-47-11-9-35-31-74(16-13-42(35)66-47)18-15-62-30-44-49(61)51(38-26-40(59)53-46(28-38)77(34(2)65-53)57(6,7)8)72-55(68-44)70-48-12-10-36-32-75(17-14-43(36)67-48)20-19-73-21-23-78-24-22-73/h9-12,25-29,62H,13-24,30-32H2,1-8H3,(H,63,66,69,71)(H,67,68,70,72). The molecule has 8 aromatic rings. The Hall–Kier alpha value is -6.65. The Bertz CT molecular complexity index is 3560. The predicted molar refractivity (Wildman–Crippen MR) is 299 cm³/mol. The van der Waals surface area contributed by atoms with Crippen molar-refractivity contribution in [1.82, 2.24) is 69.0 Å². The molecule has 11 rings (SSSR count). The van der Waals surface area contributed by atoms with Crippen molar-refractivity contribution in [3.63, 3.8) is 0 Å². The van der Waals surface area contributed by atoms with Gasteiger partial charge in [0.1, 0.15) is 45.7 Å². The highest BCUT2D eigenvalue weighted by Crippen LogP contribution is 2.35. The Morgan fingerprint density at radius 2 is 1.09 bits per heavy atom. The third-order valence-electron chi connectivity index (χ3n) is 14.8. The highest BCUT2D eigenvalue weighted by atomic mass is 32.2. The fraction of sp³-hybridized carbons (Fsp3) is 0.439. The number of benzene rings is 2. The first kappa shape index (κ1) is 53.4. The molecule has 0 unspecified atom stereocenters. The van der Waals surface area contributed by atoms with E-state index in [2.05, 4.69) is 56.7 Å². The third-order valence-corrected chi connectivity index (χ3v) is 15.7. The van der Waals surface area contributed by atoms with E-state index in [9.17, 15) is 0 Å². The number of anilines is 4. The fourth-order valence-electron chi connectivity index (χ4n) is 11.2. The maximum Gasteiger partial charge on any atom is 0.229 e. The third kappa shape index (κ3) is 11.2. The van der Waals surface area contributed by atoms with E-state index in [-0.39, 0.29) is 57.7 Å². The fourth-order valence-corrected chi connectivity index (χ4v) is 12.2. The van der Waals surface area contributed by atoms with Crippen LogP contribution in [0.4, 0.5) is 41.1 Å². The molecule has 2 aromatic carbocycles. The van der Waals surface area contributed by atoms with E-state index in [0.717, 1.165) is 75.4 Å². The summed E-state index contributed by atoms with van der Waals surface area (Å²) in [7, 11) is 0. The molecule has 16 nitrogen and oxygen atoms in total. The summed E-state index contributed by atoms with van der Waals surface area (Å²) < 4.78 is 67.6. The Kier molecular flexibility index (Phi) is 14.7. The van der Waals surface area contributed by atoms with Gasteiger partial charge in [-0.2, -0.15) is 11.8 Å². The minimum absolute atomic E-state index is 0.0292. The Morgan fingerprint density at radius 3 is 1.67 bits per heavy atom. The number of rotatable bonds is 14. The van der Waals surface area contributed by atoms with Gasteiger partial charge in [-0.1, -0.05) is 12.1 Å². The Labute approximate surface area is 455 Å². The smallest absolute Gasteiger partial charge is 0.229 e. The molecule has 0 radical (unpaired) electrons. The first-order chi connectivity index (χ1) is 37.3. The summed E-state index contributed by atoms with van der Waals surface area (Å²) in [4.78, 5) is 44.2. The molecule has 0 bridgehead atoms. The maximum absolute atomic E-state index is 16.9. The summed E-state index contributed by atoms with van der Waals surface area (Å²) in [5.41, 5.74) is 5.49. The van der Waals surface area contributed by atoms with Crippen LogP contribution in [0.15, 0.2) is 54.7 Å². The molecule has 78 heavy (non-hydrogen) atoms. The highest BCUT2D eigenvalue weighted by Gasteiger charge is 2.27. The normalized spacial score (nSPS) is 15.8. The topological polar surface area (TPSA) is 159 Å². The molecule has 0 atom stereocenters. The van der Waals surface area contributed by atoms with Crippen LogP contribution in [0.3, 0.4) is 0 Å². The number of hydrogen-bond donors (Lipinski definition) is 3. The Balaban J connectivity index is 0.770. The van der Waals surface area contributed by atoms with Gasteiger partial charge in [-0.25, -0.2) is 57.4 Å². The van der Waals surface area contributed by atoms with Crippen molar-refractivity contribution in [2.24, 2.45) is 0 Å². The van der Waals surface area contributed by atoms with Crippen LogP contribution in [0.25, 0.3) is 44.6 Å². The van der Waals surface area contributed by atoms with Gasteiger partial charge >= 0.3 is 0 Å². The first-order valence-corrected chi connectivity index (χ1v) is 27.9. The van der Waals surface area contributed by atoms with Crippen LogP contribution < -0.4 is 16.0 Å². The molecule has 9 heterocycles. The van der Waals surface area contributed by atoms with E-state index in [1.165, 1.54) is 29.2 Å². The number of thioether (sulfide) groups is 1. The van der Waals surface area contributed by atoms with Crippen LogP contribution >= 0.6 is 11.8 Å². The van der Waals surface area contributed by atoms with Crippen molar-refractivity contribution in [1.29, 1.82) is 0 Å². The van der Waals surface area contributed by atoms with Gasteiger partial charge in [0.2, 0.25) is 11.9 Å².